The van der Waals surface area contributed by atoms with E-state index in [-0.39, 0.29) is 21.7 Å². The monoisotopic (exact) mass is 444 g/mol. The summed E-state index contributed by atoms with van der Waals surface area (Å²) < 4.78 is 0. The summed E-state index contributed by atoms with van der Waals surface area (Å²) in [6.07, 6.45) is 26.1. The minimum atomic E-state index is 0. The Morgan fingerprint density at radius 3 is 0.586 bits per heavy atom. The van der Waals surface area contributed by atoms with Crippen LogP contribution in [0.15, 0.2) is 0 Å². The molecule has 0 amide bonds. The average Bonchev–Trinajstić information content (AvgIpc) is 2.71. The molecule has 0 spiro atoms. The van der Waals surface area contributed by atoms with E-state index in [0.29, 0.717) is 0 Å². The van der Waals surface area contributed by atoms with Crippen molar-refractivity contribution < 1.29 is 21.7 Å². The number of unbranched alkanes of at least 4 members (excludes halogenated alkanes) is 16. The minimum Gasteiger partial charge on any atom is -0.343 e. The Hall–Kier alpha value is 0.714. The molecule has 176 valence electrons. The van der Waals surface area contributed by atoms with E-state index in [2.05, 4.69) is 55.4 Å². The van der Waals surface area contributed by atoms with Crippen LogP contribution in [0.4, 0.5) is 0 Å². The molecule has 0 nitrogen and oxygen atoms in total. The van der Waals surface area contributed by atoms with Crippen molar-refractivity contribution in [3.05, 3.63) is 27.7 Å². The maximum absolute atomic E-state index is 3.76. The van der Waals surface area contributed by atoms with Gasteiger partial charge < -0.3 is 27.7 Å². The zero-order chi connectivity index (χ0) is 22.1. The molecule has 0 unspecified atom stereocenters. The molecule has 29 heavy (non-hydrogen) atoms. The first-order valence-electron chi connectivity index (χ1n) is 12.8. The number of hydrogen-bond donors (Lipinski definition) is 0. The third-order valence-corrected chi connectivity index (χ3v) is 4.41. The van der Waals surface area contributed by atoms with Crippen molar-refractivity contribution in [3.8, 4) is 0 Å². The molecule has 0 aromatic carbocycles. The predicted octanol–water partition coefficient (Wildman–Crippen LogP) is 11.2. The normalized spacial score (nSPS) is 9.10. The van der Waals surface area contributed by atoms with E-state index in [1.54, 1.807) is 0 Å². The second kappa shape index (κ2) is 51.4. The van der Waals surface area contributed by atoms with E-state index < -0.39 is 0 Å². The van der Waals surface area contributed by atoms with Crippen molar-refractivity contribution in [1.29, 1.82) is 0 Å². The van der Waals surface area contributed by atoms with Crippen molar-refractivity contribution in [3.63, 3.8) is 0 Å². The zero-order valence-electron chi connectivity index (χ0n) is 21.5. The van der Waals surface area contributed by atoms with Crippen molar-refractivity contribution in [1.82, 2.24) is 0 Å². The van der Waals surface area contributed by atoms with Crippen LogP contribution in [0.5, 0.6) is 0 Å². The van der Waals surface area contributed by atoms with Gasteiger partial charge in [0.1, 0.15) is 0 Å². The summed E-state index contributed by atoms with van der Waals surface area (Å²) in [4.78, 5) is 0. The van der Waals surface area contributed by atoms with Crippen molar-refractivity contribution in [2.45, 2.75) is 156 Å². The summed E-state index contributed by atoms with van der Waals surface area (Å²) in [5.41, 5.74) is 0. The molecule has 0 heterocycles. The molecular weight excluding hydrogens is 384 g/mol. The van der Waals surface area contributed by atoms with Gasteiger partial charge >= 0.3 is 21.7 Å². The van der Waals surface area contributed by atoms with Crippen molar-refractivity contribution in [2.75, 3.05) is 0 Å². The fraction of sp³-hybridized carbons (Fsp3) is 0.857. The van der Waals surface area contributed by atoms with Crippen LogP contribution in [-0.2, 0) is 21.7 Å². The van der Waals surface area contributed by atoms with Crippen LogP contribution in [0.1, 0.15) is 156 Å². The average molecular weight is 445 g/mol. The van der Waals surface area contributed by atoms with Gasteiger partial charge in [0.15, 0.2) is 0 Å². The maximum Gasteiger partial charge on any atom is 4.00 e. The molecule has 0 bridgehead atoms. The van der Waals surface area contributed by atoms with E-state index in [4.69, 9.17) is 0 Å². The van der Waals surface area contributed by atoms with Crippen LogP contribution in [0.2, 0.25) is 0 Å². The van der Waals surface area contributed by atoms with Crippen LogP contribution in [0, 0.1) is 27.7 Å². The Kier molecular flexibility index (Phi) is 71.1. The molecule has 0 saturated carbocycles. The van der Waals surface area contributed by atoms with Crippen LogP contribution in [-0.4, -0.2) is 0 Å². The second-order valence-corrected chi connectivity index (χ2v) is 7.66. The molecule has 0 atom stereocenters. The van der Waals surface area contributed by atoms with Gasteiger partial charge in [0.2, 0.25) is 0 Å². The molecule has 0 fully saturated rings. The Morgan fingerprint density at radius 1 is 0.310 bits per heavy atom. The molecule has 0 aliphatic carbocycles. The fourth-order valence-electron chi connectivity index (χ4n) is 2.41. The standard InChI is InChI=1S/4C7H15.Ti/c4*1-3-5-7-6-4-2;/h4*1,3-7H2,2H3;/q4*-1;+4. The van der Waals surface area contributed by atoms with Gasteiger partial charge in [0.25, 0.3) is 0 Å². The van der Waals surface area contributed by atoms with E-state index in [9.17, 15) is 0 Å². The smallest absolute Gasteiger partial charge is 0.343 e. The van der Waals surface area contributed by atoms with E-state index in [0.717, 1.165) is 25.7 Å². The molecule has 0 aliphatic rings. The van der Waals surface area contributed by atoms with Crippen LogP contribution < -0.4 is 0 Å². The Bertz CT molecular complexity index is 123. The third-order valence-electron chi connectivity index (χ3n) is 4.41. The van der Waals surface area contributed by atoms with E-state index in [1.165, 1.54) is 103 Å². The first-order valence-corrected chi connectivity index (χ1v) is 12.8. The maximum atomic E-state index is 3.76. The van der Waals surface area contributed by atoms with Gasteiger partial charge in [-0.15, -0.1) is 0 Å². The quantitative estimate of drug-likeness (QED) is 0.126. The molecule has 0 rings (SSSR count). The first-order chi connectivity index (χ1) is 13.7. The van der Waals surface area contributed by atoms with Gasteiger partial charge in [-0.25, -0.2) is 0 Å². The van der Waals surface area contributed by atoms with Crippen LogP contribution >= 0.6 is 0 Å². The zero-order valence-corrected chi connectivity index (χ0v) is 23.0. The molecule has 0 saturated heterocycles. The van der Waals surface area contributed by atoms with Gasteiger partial charge in [0, 0.05) is 0 Å². The topological polar surface area (TPSA) is 0 Å². The second-order valence-electron chi connectivity index (χ2n) is 7.66. The summed E-state index contributed by atoms with van der Waals surface area (Å²) >= 11 is 0. The SMILES string of the molecule is [CH2-]CCCCCC.[CH2-]CCCCCC.[CH2-]CCCCCC.[CH2-]CCCCCC.[Ti+4]. The fourth-order valence-corrected chi connectivity index (χ4v) is 2.41. The van der Waals surface area contributed by atoms with Crippen molar-refractivity contribution in [2.24, 2.45) is 0 Å². The number of rotatable bonds is 16. The van der Waals surface area contributed by atoms with Gasteiger partial charge in [-0.05, 0) is 0 Å². The van der Waals surface area contributed by atoms with E-state index in [1.807, 2.05) is 0 Å². The Labute approximate surface area is 205 Å². The molecule has 0 radical (unpaired) electrons. The Morgan fingerprint density at radius 2 is 0.483 bits per heavy atom. The summed E-state index contributed by atoms with van der Waals surface area (Å²) in [7, 11) is 0. The Balaban J connectivity index is -0.0000000873. The van der Waals surface area contributed by atoms with Crippen LogP contribution in [0.3, 0.4) is 0 Å². The molecule has 0 aliphatic heterocycles. The van der Waals surface area contributed by atoms with Gasteiger partial charge in [0.05, 0.1) is 0 Å². The summed E-state index contributed by atoms with van der Waals surface area (Å²) in [5, 5.41) is 0. The largest absolute Gasteiger partial charge is 4.00 e. The summed E-state index contributed by atoms with van der Waals surface area (Å²) in [5.74, 6) is 0. The first kappa shape index (κ1) is 40.1. The third kappa shape index (κ3) is 73.4. The summed E-state index contributed by atoms with van der Waals surface area (Å²) in [6, 6.07) is 0. The summed E-state index contributed by atoms with van der Waals surface area (Å²) in [6.45, 7) is 23.9. The van der Waals surface area contributed by atoms with Crippen molar-refractivity contribution >= 4 is 0 Å². The van der Waals surface area contributed by atoms with Gasteiger partial charge in [-0.3, -0.25) is 0 Å². The molecule has 1 heteroatoms. The number of hydrogen-bond acceptors (Lipinski definition) is 0. The molecular formula is C28H60Ti. The molecule has 0 aromatic heterocycles. The van der Waals surface area contributed by atoms with E-state index >= 15 is 0 Å². The molecule has 0 aromatic rings. The predicted molar refractivity (Wildman–Crippen MR) is 136 cm³/mol. The van der Waals surface area contributed by atoms with Gasteiger partial charge in [-0.1, -0.05) is 130 Å². The van der Waals surface area contributed by atoms with Gasteiger partial charge in [-0.2, -0.15) is 25.7 Å². The minimum absolute atomic E-state index is 0. The molecule has 0 N–H and O–H groups in total. The van der Waals surface area contributed by atoms with Crippen LogP contribution in [0.25, 0.3) is 0 Å².